The minimum absolute atomic E-state index is 0.371. The number of ether oxygens (including phenoxy) is 1. The van der Waals surface area contributed by atoms with E-state index in [1.54, 1.807) is 7.11 Å². The monoisotopic (exact) mass is 297 g/mol. The van der Waals surface area contributed by atoms with Gasteiger partial charge >= 0.3 is 0 Å². The van der Waals surface area contributed by atoms with E-state index < -0.39 is 0 Å². The van der Waals surface area contributed by atoms with Crippen molar-refractivity contribution in [3.8, 4) is 0 Å². The van der Waals surface area contributed by atoms with Crippen molar-refractivity contribution in [1.29, 1.82) is 0 Å². The summed E-state index contributed by atoms with van der Waals surface area (Å²) in [5, 5.41) is 4.68. The summed E-state index contributed by atoms with van der Waals surface area (Å²) in [6.07, 6.45) is 4.90. The number of rotatable bonds is 8. The summed E-state index contributed by atoms with van der Waals surface area (Å²) in [7, 11) is 1.80. The molecule has 20 heavy (non-hydrogen) atoms. The van der Waals surface area contributed by atoms with Crippen molar-refractivity contribution in [3.63, 3.8) is 0 Å². The van der Waals surface area contributed by atoms with E-state index in [2.05, 4.69) is 24.1 Å². The molecule has 2 heterocycles. The molecule has 0 aliphatic carbocycles. The number of anilines is 1. The predicted octanol–water partition coefficient (Wildman–Crippen LogP) is 2.82. The predicted molar refractivity (Wildman–Crippen MR) is 85.7 cm³/mol. The van der Waals surface area contributed by atoms with Crippen LogP contribution >= 0.6 is 11.3 Å². The van der Waals surface area contributed by atoms with Gasteiger partial charge in [-0.25, -0.2) is 4.98 Å². The lowest BCUT2D eigenvalue weighted by molar-refractivity contribution is 0.121. The number of hydrogen-bond donors (Lipinski definition) is 1. The molecule has 1 aliphatic heterocycles. The quantitative estimate of drug-likeness (QED) is 0.749. The average Bonchev–Trinajstić information content (AvgIpc) is 3.06. The van der Waals surface area contributed by atoms with E-state index in [4.69, 9.17) is 9.72 Å². The summed E-state index contributed by atoms with van der Waals surface area (Å²) >= 11 is 1.86. The average molecular weight is 297 g/mol. The molecule has 1 aliphatic rings. The Kier molecular flexibility index (Phi) is 6.26. The topological polar surface area (TPSA) is 37.4 Å². The van der Waals surface area contributed by atoms with Gasteiger partial charge in [-0.05, 0) is 25.8 Å². The van der Waals surface area contributed by atoms with Crippen LogP contribution in [-0.2, 0) is 17.7 Å². The summed E-state index contributed by atoms with van der Waals surface area (Å²) < 4.78 is 5.45. The maximum Gasteiger partial charge on any atom is 0.185 e. The fraction of sp³-hybridized carbons (Fsp3) is 0.800. The Morgan fingerprint density at radius 1 is 1.40 bits per heavy atom. The SMILES string of the molecule is CCCNCc1sc(N2CCC(OC)C2)nc1CCC. The van der Waals surface area contributed by atoms with Gasteiger partial charge in [0.25, 0.3) is 0 Å². The third-order valence-electron chi connectivity index (χ3n) is 3.71. The van der Waals surface area contributed by atoms with Gasteiger partial charge in [-0.1, -0.05) is 20.3 Å². The third kappa shape index (κ3) is 3.93. The number of aromatic nitrogens is 1. The van der Waals surface area contributed by atoms with Crippen LogP contribution < -0.4 is 10.2 Å². The molecule has 4 nitrogen and oxygen atoms in total. The Morgan fingerprint density at radius 2 is 2.25 bits per heavy atom. The van der Waals surface area contributed by atoms with Crippen molar-refractivity contribution < 1.29 is 4.74 Å². The lowest BCUT2D eigenvalue weighted by Crippen LogP contribution is -2.21. The molecule has 0 amide bonds. The first-order valence-electron chi connectivity index (χ1n) is 7.75. The largest absolute Gasteiger partial charge is 0.380 e. The van der Waals surface area contributed by atoms with Gasteiger partial charge < -0.3 is 15.0 Å². The van der Waals surface area contributed by atoms with Gasteiger partial charge in [0.15, 0.2) is 5.13 Å². The maximum atomic E-state index is 5.45. The van der Waals surface area contributed by atoms with E-state index in [1.165, 1.54) is 22.1 Å². The molecule has 1 aromatic heterocycles. The highest BCUT2D eigenvalue weighted by atomic mass is 32.1. The molecule has 1 atom stereocenters. The van der Waals surface area contributed by atoms with Crippen molar-refractivity contribution in [2.75, 3.05) is 31.6 Å². The normalized spacial score (nSPS) is 18.9. The van der Waals surface area contributed by atoms with E-state index in [1.807, 2.05) is 11.3 Å². The molecular weight excluding hydrogens is 270 g/mol. The highest BCUT2D eigenvalue weighted by Crippen LogP contribution is 2.30. The second-order valence-corrected chi connectivity index (χ2v) is 6.45. The molecular formula is C15H27N3OS. The lowest BCUT2D eigenvalue weighted by atomic mass is 10.2. The Hall–Kier alpha value is -0.650. The molecule has 0 bridgehead atoms. The first kappa shape index (κ1) is 15.7. The van der Waals surface area contributed by atoms with Gasteiger partial charge in [0.1, 0.15) is 0 Å². The fourth-order valence-corrected chi connectivity index (χ4v) is 3.66. The van der Waals surface area contributed by atoms with Crippen molar-refractivity contribution >= 4 is 16.5 Å². The summed E-state index contributed by atoms with van der Waals surface area (Å²) in [5.41, 5.74) is 1.29. The van der Waals surface area contributed by atoms with Crippen LogP contribution in [0.1, 0.15) is 43.7 Å². The van der Waals surface area contributed by atoms with Crippen LogP contribution in [0.5, 0.6) is 0 Å². The summed E-state index contributed by atoms with van der Waals surface area (Å²) in [6.45, 7) is 8.51. The van der Waals surface area contributed by atoms with Gasteiger partial charge in [0.05, 0.1) is 11.8 Å². The van der Waals surface area contributed by atoms with E-state index >= 15 is 0 Å². The number of nitrogens with one attached hydrogen (secondary N) is 1. The van der Waals surface area contributed by atoms with Crippen LogP contribution in [0, 0.1) is 0 Å². The molecule has 1 aromatic rings. The zero-order valence-electron chi connectivity index (χ0n) is 12.9. The lowest BCUT2D eigenvalue weighted by Gasteiger charge is -2.13. The fourth-order valence-electron chi connectivity index (χ4n) is 2.55. The van der Waals surface area contributed by atoms with Crippen LogP contribution in [0.15, 0.2) is 0 Å². The van der Waals surface area contributed by atoms with Gasteiger partial charge in [0.2, 0.25) is 0 Å². The third-order valence-corrected chi connectivity index (χ3v) is 4.87. The van der Waals surface area contributed by atoms with E-state index in [-0.39, 0.29) is 0 Å². The van der Waals surface area contributed by atoms with E-state index in [0.717, 1.165) is 45.4 Å². The standard InChI is InChI=1S/C15H27N3OS/c1-4-6-13-14(10-16-8-5-2)20-15(17-13)18-9-7-12(11-18)19-3/h12,16H,4-11H2,1-3H3. The van der Waals surface area contributed by atoms with E-state index in [9.17, 15) is 0 Å². The Morgan fingerprint density at radius 3 is 2.90 bits per heavy atom. The van der Waals surface area contributed by atoms with Gasteiger partial charge in [-0.2, -0.15) is 0 Å². The maximum absolute atomic E-state index is 5.45. The number of methoxy groups -OCH3 is 1. The zero-order chi connectivity index (χ0) is 14.4. The van der Waals surface area contributed by atoms with Crippen LogP contribution in [-0.4, -0.2) is 37.8 Å². The molecule has 1 fully saturated rings. The molecule has 5 heteroatoms. The first-order chi connectivity index (χ1) is 9.78. The number of thiazole rings is 1. The summed E-state index contributed by atoms with van der Waals surface area (Å²) in [4.78, 5) is 8.67. The molecule has 114 valence electrons. The molecule has 0 aromatic carbocycles. The van der Waals surface area contributed by atoms with Gasteiger partial charge in [0, 0.05) is 31.6 Å². The van der Waals surface area contributed by atoms with Gasteiger partial charge in [-0.15, -0.1) is 11.3 Å². The van der Waals surface area contributed by atoms with Gasteiger partial charge in [-0.3, -0.25) is 0 Å². The van der Waals surface area contributed by atoms with Crippen molar-refractivity contribution in [3.05, 3.63) is 10.6 Å². The number of aryl methyl sites for hydroxylation is 1. The van der Waals surface area contributed by atoms with E-state index in [0.29, 0.717) is 6.10 Å². The summed E-state index contributed by atoms with van der Waals surface area (Å²) in [5.74, 6) is 0. The van der Waals surface area contributed by atoms with Crippen molar-refractivity contribution in [2.45, 2.75) is 52.2 Å². The Bertz CT molecular complexity index is 408. The van der Waals surface area contributed by atoms with Crippen LogP contribution in [0.25, 0.3) is 0 Å². The molecule has 2 rings (SSSR count). The first-order valence-corrected chi connectivity index (χ1v) is 8.57. The molecule has 1 N–H and O–H groups in total. The van der Waals surface area contributed by atoms with Crippen molar-refractivity contribution in [2.24, 2.45) is 0 Å². The Labute approximate surface area is 126 Å². The minimum Gasteiger partial charge on any atom is -0.380 e. The minimum atomic E-state index is 0.371. The van der Waals surface area contributed by atoms with Crippen LogP contribution in [0.2, 0.25) is 0 Å². The highest BCUT2D eigenvalue weighted by molar-refractivity contribution is 7.15. The number of hydrogen-bond acceptors (Lipinski definition) is 5. The second kappa shape index (κ2) is 7.96. The second-order valence-electron chi connectivity index (χ2n) is 5.39. The summed E-state index contributed by atoms with van der Waals surface area (Å²) in [6, 6.07) is 0. The van der Waals surface area contributed by atoms with Crippen LogP contribution in [0.4, 0.5) is 5.13 Å². The zero-order valence-corrected chi connectivity index (χ0v) is 13.8. The smallest absolute Gasteiger partial charge is 0.185 e. The highest BCUT2D eigenvalue weighted by Gasteiger charge is 2.25. The van der Waals surface area contributed by atoms with Crippen molar-refractivity contribution in [1.82, 2.24) is 10.3 Å². The molecule has 0 saturated carbocycles. The molecule has 1 saturated heterocycles. The molecule has 0 spiro atoms. The van der Waals surface area contributed by atoms with Crippen LogP contribution in [0.3, 0.4) is 0 Å². The Balaban J connectivity index is 2.04. The molecule has 0 radical (unpaired) electrons. The molecule has 1 unspecified atom stereocenters. The number of nitrogens with zero attached hydrogens (tertiary/aromatic N) is 2.